The van der Waals surface area contributed by atoms with Crippen LogP contribution >= 0.6 is 0 Å². The third kappa shape index (κ3) is 2.14. The van der Waals surface area contributed by atoms with Crippen molar-refractivity contribution in [3.05, 3.63) is 54.1 Å². The van der Waals surface area contributed by atoms with Gasteiger partial charge in [0.25, 0.3) is 0 Å². The van der Waals surface area contributed by atoms with Crippen molar-refractivity contribution in [2.75, 3.05) is 24.5 Å². The standard InChI is InChI=1S/C19H21FN4/c20-15-10-21-19(22-11-15)24-12-16(13-4-2-1-3-5-13)18-17(24)14-6-8-23(18)9-7-14/h1-5,10-11,14,16-18H,6-9,12H2/t16-,17+,18+/m0/s1. The Balaban J connectivity index is 1.56. The number of hydrogen-bond acceptors (Lipinski definition) is 4. The molecule has 4 nitrogen and oxygen atoms in total. The zero-order valence-electron chi connectivity index (χ0n) is 13.6. The van der Waals surface area contributed by atoms with E-state index in [1.807, 2.05) is 0 Å². The van der Waals surface area contributed by atoms with Crippen LogP contribution in [0, 0.1) is 11.7 Å². The fourth-order valence-electron chi connectivity index (χ4n) is 5.10. The van der Waals surface area contributed by atoms with Crippen LogP contribution in [-0.4, -0.2) is 46.6 Å². The summed E-state index contributed by atoms with van der Waals surface area (Å²) in [5.41, 5.74) is 1.39. The summed E-state index contributed by atoms with van der Waals surface area (Å²) in [4.78, 5) is 13.6. The summed E-state index contributed by atoms with van der Waals surface area (Å²) >= 11 is 0. The lowest BCUT2D eigenvalue weighted by Gasteiger charge is -2.51. The summed E-state index contributed by atoms with van der Waals surface area (Å²) in [6.45, 7) is 3.32. The van der Waals surface area contributed by atoms with Crippen LogP contribution < -0.4 is 4.90 Å². The van der Waals surface area contributed by atoms with Crippen molar-refractivity contribution in [1.29, 1.82) is 0 Å². The lowest BCUT2D eigenvalue weighted by Crippen LogP contribution is -2.60. The molecule has 4 aliphatic rings. The monoisotopic (exact) mass is 324 g/mol. The van der Waals surface area contributed by atoms with Crippen molar-refractivity contribution in [2.45, 2.75) is 30.8 Å². The van der Waals surface area contributed by atoms with E-state index in [2.05, 4.69) is 50.1 Å². The van der Waals surface area contributed by atoms with E-state index in [1.54, 1.807) is 0 Å². The molecule has 1 aromatic heterocycles. The van der Waals surface area contributed by atoms with Crippen LogP contribution in [0.4, 0.5) is 10.3 Å². The number of benzene rings is 1. The van der Waals surface area contributed by atoms with Crippen molar-refractivity contribution in [3.63, 3.8) is 0 Å². The second-order valence-electron chi connectivity index (χ2n) is 7.23. The molecule has 124 valence electrons. The second-order valence-corrected chi connectivity index (χ2v) is 7.23. The van der Waals surface area contributed by atoms with Gasteiger partial charge in [0.1, 0.15) is 0 Å². The van der Waals surface area contributed by atoms with Gasteiger partial charge in [0.05, 0.1) is 18.4 Å². The Morgan fingerprint density at radius 3 is 2.38 bits per heavy atom. The molecule has 0 N–H and O–H groups in total. The van der Waals surface area contributed by atoms with Crippen molar-refractivity contribution in [1.82, 2.24) is 14.9 Å². The number of fused-ring (bicyclic) bond motifs is 2. The van der Waals surface area contributed by atoms with E-state index in [0.29, 0.717) is 29.9 Å². The Hall–Kier alpha value is -2.01. The molecule has 0 aliphatic carbocycles. The van der Waals surface area contributed by atoms with Crippen LogP contribution in [0.1, 0.15) is 24.3 Å². The van der Waals surface area contributed by atoms with Gasteiger partial charge in [0.2, 0.25) is 5.95 Å². The molecule has 4 fully saturated rings. The minimum atomic E-state index is -0.372. The Bertz CT molecular complexity index is 712. The topological polar surface area (TPSA) is 32.3 Å². The Morgan fingerprint density at radius 1 is 0.958 bits per heavy atom. The van der Waals surface area contributed by atoms with Crippen molar-refractivity contribution in [3.8, 4) is 0 Å². The van der Waals surface area contributed by atoms with Gasteiger partial charge in [-0.2, -0.15) is 0 Å². The van der Waals surface area contributed by atoms with Gasteiger partial charge in [-0.1, -0.05) is 30.3 Å². The molecule has 5 heteroatoms. The minimum absolute atomic E-state index is 0.372. The first-order valence-electron chi connectivity index (χ1n) is 8.84. The van der Waals surface area contributed by atoms with E-state index in [4.69, 9.17) is 0 Å². The number of nitrogens with zero attached hydrogens (tertiary/aromatic N) is 4. The van der Waals surface area contributed by atoms with Gasteiger partial charge in [-0.15, -0.1) is 0 Å². The van der Waals surface area contributed by atoms with E-state index < -0.39 is 0 Å². The summed E-state index contributed by atoms with van der Waals surface area (Å²) in [5, 5.41) is 0. The van der Waals surface area contributed by atoms with Crippen LogP contribution in [-0.2, 0) is 0 Å². The van der Waals surface area contributed by atoms with Gasteiger partial charge in [0, 0.05) is 18.5 Å². The molecule has 4 saturated heterocycles. The quantitative estimate of drug-likeness (QED) is 0.850. The molecule has 0 saturated carbocycles. The molecule has 0 spiro atoms. The Morgan fingerprint density at radius 2 is 1.67 bits per heavy atom. The van der Waals surface area contributed by atoms with E-state index in [-0.39, 0.29) is 5.82 Å². The summed E-state index contributed by atoms with van der Waals surface area (Å²) < 4.78 is 13.2. The number of halogens is 1. The first-order chi connectivity index (χ1) is 11.8. The summed E-state index contributed by atoms with van der Waals surface area (Å²) in [6.07, 6.45) is 5.07. The molecular weight excluding hydrogens is 303 g/mol. The van der Waals surface area contributed by atoms with E-state index in [0.717, 1.165) is 6.54 Å². The molecule has 6 rings (SSSR count). The maximum absolute atomic E-state index is 13.2. The first-order valence-corrected chi connectivity index (χ1v) is 8.84. The predicted octanol–water partition coefficient (Wildman–Crippen LogP) is 2.68. The molecule has 5 heterocycles. The highest BCUT2D eigenvalue weighted by Gasteiger charge is 2.53. The average Bonchev–Trinajstić information content (AvgIpc) is 3.07. The van der Waals surface area contributed by atoms with Crippen LogP contribution in [0.3, 0.4) is 0 Å². The van der Waals surface area contributed by atoms with Gasteiger partial charge in [-0.3, -0.25) is 4.90 Å². The number of anilines is 1. The predicted molar refractivity (Wildman–Crippen MR) is 90.4 cm³/mol. The third-order valence-electron chi connectivity index (χ3n) is 6.09. The molecule has 3 atom stereocenters. The zero-order valence-corrected chi connectivity index (χ0v) is 13.6. The fourth-order valence-corrected chi connectivity index (χ4v) is 5.10. The van der Waals surface area contributed by atoms with Crippen molar-refractivity contribution < 1.29 is 4.39 Å². The molecule has 1 aromatic carbocycles. The highest BCUT2D eigenvalue weighted by atomic mass is 19.1. The smallest absolute Gasteiger partial charge is 0.225 e. The Labute approximate surface area is 141 Å². The summed E-state index contributed by atoms with van der Waals surface area (Å²) in [7, 11) is 0. The van der Waals surface area contributed by atoms with Crippen LogP contribution in [0.5, 0.6) is 0 Å². The molecule has 0 unspecified atom stereocenters. The maximum Gasteiger partial charge on any atom is 0.225 e. The van der Waals surface area contributed by atoms with E-state index in [1.165, 1.54) is 43.9 Å². The average molecular weight is 324 g/mol. The lowest BCUT2D eigenvalue weighted by atomic mass is 9.75. The third-order valence-corrected chi connectivity index (χ3v) is 6.09. The van der Waals surface area contributed by atoms with Crippen LogP contribution in [0.15, 0.2) is 42.7 Å². The van der Waals surface area contributed by atoms with Crippen molar-refractivity contribution >= 4 is 5.95 Å². The van der Waals surface area contributed by atoms with Crippen LogP contribution in [0.2, 0.25) is 0 Å². The maximum atomic E-state index is 13.2. The second kappa shape index (κ2) is 5.52. The fraction of sp³-hybridized carbons (Fsp3) is 0.474. The number of hydrogen-bond donors (Lipinski definition) is 0. The normalized spacial score (nSPS) is 34.4. The molecule has 4 aliphatic heterocycles. The molecular formula is C19H21FN4. The number of aromatic nitrogens is 2. The van der Waals surface area contributed by atoms with Gasteiger partial charge >= 0.3 is 0 Å². The number of piperidine rings is 3. The van der Waals surface area contributed by atoms with E-state index in [9.17, 15) is 4.39 Å². The molecule has 2 aromatic rings. The van der Waals surface area contributed by atoms with Gasteiger partial charge in [-0.25, -0.2) is 14.4 Å². The largest absolute Gasteiger partial charge is 0.335 e. The SMILES string of the molecule is Fc1cnc(N2C[C@@H](c3ccccc3)[C@@H]3[C@H]2C2CCN3CC2)nc1. The summed E-state index contributed by atoms with van der Waals surface area (Å²) in [5.74, 6) is 1.47. The van der Waals surface area contributed by atoms with Crippen LogP contribution in [0.25, 0.3) is 0 Å². The molecule has 0 radical (unpaired) electrons. The lowest BCUT2D eigenvalue weighted by molar-refractivity contribution is 0.0353. The highest BCUT2D eigenvalue weighted by molar-refractivity contribution is 5.42. The summed E-state index contributed by atoms with van der Waals surface area (Å²) in [6, 6.07) is 11.8. The van der Waals surface area contributed by atoms with Crippen molar-refractivity contribution in [2.24, 2.45) is 5.92 Å². The van der Waals surface area contributed by atoms with Gasteiger partial charge in [0.15, 0.2) is 5.82 Å². The number of rotatable bonds is 2. The highest BCUT2D eigenvalue weighted by Crippen LogP contribution is 2.47. The van der Waals surface area contributed by atoms with Gasteiger partial charge in [-0.05, 0) is 37.4 Å². The Kier molecular flexibility index (Phi) is 3.30. The van der Waals surface area contributed by atoms with Gasteiger partial charge < -0.3 is 4.90 Å². The first kappa shape index (κ1) is 14.3. The zero-order chi connectivity index (χ0) is 16.1. The van der Waals surface area contributed by atoms with E-state index >= 15 is 0 Å². The minimum Gasteiger partial charge on any atom is -0.335 e. The molecule has 2 bridgehead atoms. The molecule has 0 amide bonds. The molecule has 24 heavy (non-hydrogen) atoms.